The molecule has 0 amide bonds. The van der Waals surface area contributed by atoms with Crippen LogP contribution >= 0.6 is 23.3 Å². The Morgan fingerprint density at radius 3 is 2.25 bits per heavy atom. The van der Waals surface area contributed by atoms with Gasteiger partial charge in [-0.05, 0) is 48.8 Å². The van der Waals surface area contributed by atoms with Crippen LogP contribution in [0.1, 0.15) is 20.8 Å². The van der Waals surface area contributed by atoms with Crippen molar-refractivity contribution in [3.8, 4) is 5.75 Å². The Morgan fingerprint density at radius 1 is 1.20 bits per heavy atom. The second kappa shape index (κ2) is 8.15. The molecule has 0 saturated heterocycles. The van der Waals surface area contributed by atoms with E-state index in [4.69, 9.17) is 14.0 Å². The van der Waals surface area contributed by atoms with Gasteiger partial charge in [0, 0.05) is 17.7 Å². The first-order valence-electron chi connectivity index (χ1n) is 6.46. The summed E-state index contributed by atoms with van der Waals surface area (Å²) in [4.78, 5) is 0. The lowest BCUT2D eigenvalue weighted by Crippen LogP contribution is -2.26. The van der Waals surface area contributed by atoms with E-state index in [0.29, 0.717) is 17.7 Å². The molecule has 114 valence electrons. The molecule has 1 atom stereocenters. The third-order valence-corrected chi connectivity index (χ3v) is 6.05. The van der Waals surface area contributed by atoms with Gasteiger partial charge in [0.2, 0.25) is 6.03 Å². The molecule has 5 nitrogen and oxygen atoms in total. The third-order valence-electron chi connectivity index (χ3n) is 2.49. The summed E-state index contributed by atoms with van der Waals surface area (Å²) in [5.41, 5.74) is 0. The Hall–Kier alpha value is -0.390. The molecular weight excluding hydrogens is 347 g/mol. The van der Waals surface area contributed by atoms with Crippen LogP contribution in [-0.2, 0) is 18.6 Å². The summed E-state index contributed by atoms with van der Waals surface area (Å²) in [6.45, 7) is 6.16. The van der Waals surface area contributed by atoms with Crippen molar-refractivity contribution >= 4 is 28.6 Å². The number of phenolic OH excluding ortho intramolecular Hbond substituents is 1. The maximum absolute atomic E-state index is 13.3. The molecule has 0 heterocycles. The van der Waals surface area contributed by atoms with Crippen molar-refractivity contribution in [2.75, 3.05) is 19.8 Å². The molecular formula is C13H20BrO5P. The van der Waals surface area contributed by atoms with Gasteiger partial charge in [0.25, 0.3) is 7.37 Å². The molecule has 1 N–H and O–H groups in total. The zero-order valence-electron chi connectivity index (χ0n) is 11.8. The highest BCUT2D eigenvalue weighted by Gasteiger charge is 2.41. The van der Waals surface area contributed by atoms with Gasteiger partial charge in [-0.15, -0.1) is 0 Å². The molecule has 0 aliphatic heterocycles. The normalized spacial score (nSPS) is 14.4. The average molecular weight is 367 g/mol. The zero-order valence-corrected chi connectivity index (χ0v) is 14.3. The van der Waals surface area contributed by atoms with Gasteiger partial charge in [-0.3, -0.25) is 4.57 Å². The Labute approximate surface area is 127 Å². The lowest BCUT2D eigenvalue weighted by atomic mass is 10.3. The minimum absolute atomic E-state index is 0.111. The fraction of sp³-hybridized carbons (Fsp3) is 0.538. The lowest BCUT2D eigenvalue weighted by Gasteiger charge is -2.27. The van der Waals surface area contributed by atoms with Crippen molar-refractivity contribution in [1.29, 1.82) is 0 Å². The molecule has 0 radical (unpaired) electrons. The van der Waals surface area contributed by atoms with Crippen molar-refractivity contribution in [3.05, 3.63) is 22.7 Å². The van der Waals surface area contributed by atoms with E-state index in [1.807, 2.05) is 0 Å². The predicted octanol–water partition coefficient (Wildman–Crippen LogP) is 3.45. The highest BCUT2D eigenvalue weighted by molar-refractivity contribution is 9.10. The van der Waals surface area contributed by atoms with E-state index in [9.17, 15) is 9.67 Å². The van der Waals surface area contributed by atoms with Gasteiger partial charge in [0.05, 0.1) is 11.9 Å². The van der Waals surface area contributed by atoms with Gasteiger partial charge in [0.15, 0.2) is 0 Å². The first-order valence-corrected chi connectivity index (χ1v) is 8.95. The van der Waals surface area contributed by atoms with Crippen LogP contribution in [0.25, 0.3) is 0 Å². The molecule has 0 fully saturated rings. The fourth-order valence-corrected chi connectivity index (χ4v) is 5.16. The maximum atomic E-state index is 13.3. The van der Waals surface area contributed by atoms with E-state index in [0.717, 1.165) is 0 Å². The third kappa shape index (κ3) is 3.83. The highest BCUT2D eigenvalue weighted by atomic mass is 79.9. The van der Waals surface area contributed by atoms with Crippen molar-refractivity contribution in [2.45, 2.75) is 26.8 Å². The predicted molar refractivity (Wildman–Crippen MR) is 81.7 cm³/mol. The smallest absolute Gasteiger partial charge is 0.291 e. The SMILES string of the molecule is CCOC(OCC)P(=O)(OCC)c1c(O)cccc1Br. The van der Waals surface area contributed by atoms with Gasteiger partial charge < -0.3 is 19.1 Å². The number of hydrogen-bond donors (Lipinski definition) is 1. The molecule has 0 aliphatic carbocycles. The minimum atomic E-state index is -3.53. The van der Waals surface area contributed by atoms with Crippen LogP contribution in [0.5, 0.6) is 5.75 Å². The Bertz CT molecular complexity index is 454. The van der Waals surface area contributed by atoms with Crippen LogP contribution < -0.4 is 5.30 Å². The first-order chi connectivity index (χ1) is 9.51. The number of benzene rings is 1. The Balaban J connectivity index is 3.35. The number of phenols is 1. The van der Waals surface area contributed by atoms with Crippen LogP contribution in [0, 0.1) is 0 Å². The molecule has 0 spiro atoms. The summed E-state index contributed by atoms with van der Waals surface area (Å²) < 4.78 is 30.1. The van der Waals surface area contributed by atoms with Crippen LogP contribution in [0.4, 0.5) is 0 Å². The highest BCUT2D eigenvalue weighted by Crippen LogP contribution is 2.55. The molecule has 1 aromatic carbocycles. The first kappa shape index (κ1) is 17.7. The van der Waals surface area contributed by atoms with Gasteiger partial charge in [-0.2, -0.15) is 0 Å². The summed E-state index contributed by atoms with van der Waals surface area (Å²) in [6, 6.07) is 3.76. The van der Waals surface area contributed by atoms with Gasteiger partial charge in [-0.25, -0.2) is 0 Å². The molecule has 0 aromatic heterocycles. The molecule has 0 aliphatic rings. The largest absolute Gasteiger partial charge is 0.507 e. The van der Waals surface area contributed by atoms with Crippen molar-refractivity contribution in [2.24, 2.45) is 0 Å². The van der Waals surface area contributed by atoms with Crippen LogP contribution in [0.2, 0.25) is 0 Å². The van der Waals surface area contributed by atoms with Gasteiger partial charge in [-0.1, -0.05) is 6.07 Å². The Morgan fingerprint density at radius 2 is 1.80 bits per heavy atom. The van der Waals surface area contributed by atoms with E-state index < -0.39 is 13.4 Å². The molecule has 1 rings (SSSR count). The quantitative estimate of drug-likeness (QED) is 0.563. The van der Waals surface area contributed by atoms with E-state index in [2.05, 4.69) is 15.9 Å². The van der Waals surface area contributed by atoms with E-state index >= 15 is 0 Å². The molecule has 0 bridgehead atoms. The summed E-state index contributed by atoms with van der Waals surface area (Å²) >= 11 is 3.30. The number of ether oxygens (including phenoxy) is 2. The lowest BCUT2D eigenvalue weighted by molar-refractivity contribution is -0.0876. The number of halogens is 1. The van der Waals surface area contributed by atoms with Crippen molar-refractivity contribution in [3.63, 3.8) is 0 Å². The molecule has 1 unspecified atom stereocenters. The summed E-state index contributed by atoms with van der Waals surface area (Å²) in [5.74, 6) is -0.111. The number of rotatable bonds is 8. The van der Waals surface area contributed by atoms with Crippen LogP contribution in [0.15, 0.2) is 22.7 Å². The topological polar surface area (TPSA) is 65.0 Å². The zero-order chi connectivity index (χ0) is 15.2. The summed E-state index contributed by atoms with van der Waals surface area (Å²) in [7, 11) is -3.53. The molecule has 0 saturated carbocycles. The average Bonchev–Trinajstić information content (AvgIpc) is 2.38. The maximum Gasteiger partial charge on any atom is 0.291 e. The minimum Gasteiger partial charge on any atom is -0.507 e. The summed E-state index contributed by atoms with van der Waals surface area (Å²) in [6.07, 6.45) is 0. The second-order valence-electron chi connectivity index (χ2n) is 3.84. The van der Waals surface area contributed by atoms with Crippen molar-refractivity contribution < 1.29 is 23.7 Å². The van der Waals surface area contributed by atoms with Crippen LogP contribution in [0.3, 0.4) is 0 Å². The molecule has 7 heteroatoms. The van der Waals surface area contributed by atoms with E-state index in [1.54, 1.807) is 32.9 Å². The second-order valence-corrected chi connectivity index (χ2v) is 7.02. The van der Waals surface area contributed by atoms with Crippen LogP contribution in [-0.4, -0.2) is 31.0 Å². The van der Waals surface area contributed by atoms with E-state index in [1.165, 1.54) is 6.07 Å². The number of hydrogen-bond acceptors (Lipinski definition) is 5. The Kier molecular flexibility index (Phi) is 7.20. The van der Waals surface area contributed by atoms with E-state index in [-0.39, 0.29) is 17.7 Å². The van der Waals surface area contributed by atoms with Gasteiger partial charge >= 0.3 is 0 Å². The monoisotopic (exact) mass is 366 g/mol. The van der Waals surface area contributed by atoms with Crippen molar-refractivity contribution in [1.82, 2.24) is 0 Å². The molecule has 20 heavy (non-hydrogen) atoms. The standard InChI is InChI=1S/C13H20BrO5P/c1-4-17-13(18-5-2)20(16,19-6-3)12-10(14)8-7-9-11(12)15/h7-9,13,15H,4-6H2,1-3H3. The molecule has 1 aromatic rings. The fourth-order valence-electron chi connectivity index (χ4n) is 1.76. The summed E-state index contributed by atoms with van der Waals surface area (Å²) in [5, 5.41) is 10.2. The number of aromatic hydroxyl groups is 1. The van der Waals surface area contributed by atoms with Gasteiger partial charge in [0.1, 0.15) is 5.75 Å².